The highest BCUT2D eigenvalue weighted by atomic mass is 19.3. The second-order valence-electron chi connectivity index (χ2n) is 7.01. The fraction of sp³-hybridized carbons (Fsp3) is 0.364. The van der Waals surface area contributed by atoms with Gasteiger partial charge >= 0.3 is 6.61 Å². The molecule has 1 aliphatic heterocycles. The van der Waals surface area contributed by atoms with Crippen LogP contribution in [0, 0.1) is 5.92 Å². The molecule has 1 heterocycles. The number of anilines is 1. The zero-order chi connectivity index (χ0) is 22.4. The second kappa shape index (κ2) is 10.1. The Balaban J connectivity index is 1.55. The summed E-state index contributed by atoms with van der Waals surface area (Å²) in [5, 5.41) is 2.81. The molecule has 1 fully saturated rings. The minimum Gasteiger partial charge on any atom is -0.497 e. The molecule has 1 saturated heterocycles. The summed E-state index contributed by atoms with van der Waals surface area (Å²) in [6.07, 6.45) is 0.535. The third-order valence-corrected chi connectivity index (χ3v) is 5.02. The Kier molecular flexibility index (Phi) is 7.28. The van der Waals surface area contributed by atoms with Crippen LogP contribution in [0.15, 0.2) is 42.5 Å². The summed E-state index contributed by atoms with van der Waals surface area (Å²) in [7, 11) is 2.91. The molecule has 3 rings (SSSR count). The van der Waals surface area contributed by atoms with Gasteiger partial charge in [0.1, 0.15) is 5.75 Å². The number of nitrogens with zero attached hydrogens (tertiary/aromatic N) is 1. The van der Waals surface area contributed by atoms with Crippen LogP contribution in [0.5, 0.6) is 17.2 Å². The number of carbonyl (C=O) groups excluding carboxylic acids is 2. The van der Waals surface area contributed by atoms with E-state index in [1.807, 2.05) is 0 Å². The minimum atomic E-state index is -2.96. The van der Waals surface area contributed by atoms with Crippen LogP contribution in [-0.2, 0) is 16.0 Å². The van der Waals surface area contributed by atoms with Gasteiger partial charge in [-0.15, -0.1) is 0 Å². The van der Waals surface area contributed by atoms with Crippen LogP contribution in [0.2, 0.25) is 0 Å². The van der Waals surface area contributed by atoms with Gasteiger partial charge < -0.3 is 24.4 Å². The molecule has 0 radical (unpaired) electrons. The van der Waals surface area contributed by atoms with Crippen molar-refractivity contribution in [3.63, 3.8) is 0 Å². The Hall–Kier alpha value is -3.36. The number of halogens is 2. The first-order valence-corrected chi connectivity index (χ1v) is 9.75. The van der Waals surface area contributed by atoms with E-state index in [1.165, 1.54) is 19.2 Å². The van der Waals surface area contributed by atoms with Crippen molar-refractivity contribution < 1.29 is 32.6 Å². The van der Waals surface area contributed by atoms with E-state index < -0.39 is 12.5 Å². The van der Waals surface area contributed by atoms with Gasteiger partial charge in [-0.2, -0.15) is 8.78 Å². The zero-order valence-electron chi connectivity index (χ0n) is 17.3. The quantitative estimate of drug-likeness (QED) is 0.657. The summed E-state index contributed by atoms with van der Waals surface area (Å²) in [6.45, 7) is -2.38. The summed E-state index contributed by atoms with van der Waals surface area (Å²) < 4.78 is 39.8. The number of ether oxygens (including phenoxy) is 3. The summed E-state index contributed by atoms with van der Waals surface area (Å²) in [4.78, 5) is 26.5. The van der Waals surface area contributed by atoms with E-state index in [9.17, 15) is 18.4 Å². The highest BCUT2D eigenvalue weighted by Crippen LogP contribution is 2.30. The lowest BCUT2D eigenvalue weighted by Gasteiger charge is -2.17. The number of hydrogen-bond donors (Lipinski definition) is 1. The van der Waals surface area contributed by atoms with Gasteiger partial charge in [-0.25, -0.2) is 0 Å². The molecule has 166 valence electrons. The van der Waals surface area contributed by atoms with E-state index in [1.54, 1.807) is 42.3 Å². The van der Waals surface area contributed by atoms with Crippen molar-refractivity contribution >= 4 is 17.5 Å². The predicted molar refractivity (Wildman–Crippen MR) is 110 cm³/mol. The Labute approximate surface area is 178 Å². The lowest BCUT2D eigenvalue weighted by Crippen LogP contribution is -2.34. The number of nitrogens with one attached hydrogen (secondary N) is 1. The predicted octanol–water partition coefficient (Wildman–Crippen LogP) is 3.02. The molecule has 1 aliphatic rings. The average Bonchev–Trinajstić information content (AvgIpc) is 3.15. The fourth-order valence-electron chi connectivity index (χ4n) is 3.45. The Morgan fingerprint density at radius 1 is 1.16 bits per heavy atom. The molecule has 0 saturated carbocycles. The summed E-state index contributed by atoms with van der Waals surface area (Å²) in [6, 6.07) is 11.8. The van der Waals surface area contributed by atoms with Gasteiger partial charge in [0.05, 0.1) is 20.1 Å². The molecule has 1 atom stereocenters. The number of carbonyl (C=O) groups is 2. The average molecular weight is 434 g/mol. The molecule has 1 unspecified atom stereocenters. The first-order valence-electron chi connectivity index (χ1n) is 9.75. The van der Waals surface area contributed by atoms with Crippen molar-refractivity contribution in [2.45, 2.75) is 19.5 Å². The number of amides is 2. The van der Waals surface area contributed by atoms with E-state index in [0.717, 1.165) is 0 Å². The van der Waals surface area contributed by atoms with Crippen LogP contribution < -0.4 is 24.4 Å². The summed E-state index contributed by atoms with van der Waals surface area (Å²) >= 11 is 0. The molecular weight excluding hydrogens is 410 g/mol. The van der Waals surface area contributed by atoms with Crippen molar-refractivity contribution in [2.75, 3.05) is 32.2 Å². The van der Waals surface area contributed by atoms with Crippen LogP contribution >= 0.6 is 0 Å². The number of hydrogen-bond acceptors (Lipinski definition) is 5. The van der Waals surface area contributed by atoms with Gasteiger partial charge in [-0.3, -0.25) is 9.59 Å². The SMILES string of the molecule is COc1cccc(N2CC(C(=O)NCCc3ccc(OC)c(OC(F)F)c3)CC2=O)c1. The molecule has 9 heteroatoms. The largest absolute Gasteiger partial charge is 0.497 e. The lowest BCUT2D eigenvalue weighted by molar-refractivity contribution is -0.126. The van der Waals surface area contributed by atoms with Gasteiger partial charge in [-0.1, -0.05) is 12.1 Å². The van der Waals surface area contributed by atoms with E-state index in [4.69, 9.17) is 9.47 Å². The van der Waals surface area contributed by atoms with Crippen LogP contribution in [0.4, 0.5) is 14.5 Å². The standard InChI is InChI=1S/C22H24F2N2O5/c1-29-17-5-3-4-16(12-17)26-13-15(11-20(26)27)21(28)25-9-8-14-6-7-18(30-2)19(10-14)31-22(23)24/h3-7,10,12,15,22H,8-9,11,13H2,1-2H3,(H,25,28). The first-order chi connectivity index (χ1) is 14.9. The van der Waals surface area contributed by atoms with E-state index in [-0.39, 0.29) is 36.3 Å². The molecule has 2 amide bonds. The van der Waals surface area contributed by atoms with E-state index in [2.05, 4.69) is 10.1 Å². The van der Waals surface area contributed by atoms with Crippen LogP contribution in [0.3, 0.4) is 0 Å². The first kappa shape index (κ1) is 22.3. The molecule has 1 N–H and O–H groups in total. The van der Waals surface area contributed by atoms with Gasteiger partial charge in [0.25, 0.3) is 0 Å². The Bertz CT molecular complexity index is 938. The van der Waals surface area contributed by atoms with Crippen molar-refractivity contribution in [1.82, 2.24) is 5.32 Å². The van der Waals surface area contributed by atoms with Crippen molar-refractivity contribution in [1.29, 1.82) is 0 Å². The highest BCUT2D eigenvalue weighted by Gasteiger charge is 2.35. The number of rotatable bonds is 9. The molecule has 2 aromatic rings. The van der Waals surface area contributed by atoms with Crippen LogP contribution in [0.1, 0.15) is 12.0 Å². The monoisotopic (exact) mass is 434 g/mol. The maximum atomic E-state index is 12.6. The number of benzene rings is 2. The highest BCUT2D eigenvalue weighted by molar-refractivity contribution is 6.00. The van der Waals surface area contributed by atoms with Crippen molar-refractivity contribution in [3.05, 3.63) is 48.0 Å². The number of methoxy groups -OCH3 is 2. The summed E-state index contributed by atoms with van der Waals surface area (Å²) in [5.41, 5.74) is 1.39. The Morgan fingerprint density at radius 2 is 1.97 bits per heavy atom. The topological polar surface area (TPSA) is 77.1 Å². The molecule has 7 nitrogen and oxygen atoms in total. The Morgan fingerprint density at radius 3 is 2.68 bits per heavy atom. The maximum Gasteiger partial charge on any atom is 0.387 e. The molecule has 2 aromatic carbocycles. The molecule has 0 spiro atoms. The molecule has 31 heavy (non-hydrogen) atoms. The van der Waals surface area contributed by atoms with E-state index >= 15 is 0 Å². The van der Waals surface area contributed by atoms with Crippen molar-refractivity contribution in [2.24, 2.45) is 5.92 Å². The summed E-state index contributed by atoms with van der Waals surface area (Å²) in [5.74, 6) is -0.0410. The third kappa shape index (κ3) is 5.62. The third-order valence-electron chi connectivity index (χ3n) is 5.02. The molecule has 0 aliphatic carbocycles. The van der Waals surface area contributed by atoms with Crippen LogP contribution in [-0.4, -0.2) is 45.7 Å². The number of alkyl halides is 2. The van der Waals surface area contributed by atoms with Gasteiger partial charge in [0.15, 0.2) is 11.5 Å². The fourth-order valence-corrected chi connectivity index (χ4v) is 3.45. The van der Waals surface area contributed by atoms with E-state index in [0.29, 0.717) is 30.0 Å². The molecule has 0 bridgehead atoms. The lowest BCUT2D eigenvalue weighted by atomic mass is 10.1. The molecule has 0 aromatic heterocycles. The van der Waals surface area contributed by atoms with Gasteiger partial charge in [0.2, 0.25) is 11.8 Å². The molecular formula is C22H24F2N2O5. The zero-order valence-corrected chi connectivity index (χ0v) is 17.3. The smallest absolute Gasteiger partial charge is 0.387 e. The van der Waals surface area contributed by atoms with Gasteiger partial charge in [-0.05, 0) is 36.2 Å². The second-order valence-corrected chi connectivity index (χ2v) is 7.01. The van der Waals surface area contributed by atoms with Crippen molar-refractivity contribution in [3.8, 4) is 17.2 Å². The van der Waals surface area contributed by atoms with Crippen LogP contribution in [0.25, 0.3) is 0 Å². The van der Waals surface area contributed by atoms with Gasteiger partial charge in [0, 0.05) is 31.3 Å². The normalized spacial score (nSPS) is 15.8. The maximum absolute atomic E-state index is 12.6. The minimum absolute atomic E-state index is 0.0587.